The molecule has 1 aromatic rings. The van der Waals surface area contributed by atoms with Crippen LogP contribution in [0.1, 0.15) is 44.8 Å². The Morgan fingerprint density at radius 2 is 1.82 bits per heavy atom. The first kappa shape index (κ1) is 14.2. The van der Waals surface area contributed by atoms with E-state index < -0.39 is 0 Å². The Balaban J connectivity index is 2.44. The van der Waals surface area contributed by atoms with Gasteiger partial charge in [-0.3, -0.25) is 0 Å². The van der Waals surface area contributed by atoms with Gasteiger partial charge in [0.05, 0.1) is 6.10 Å². The van der Waals surface area contributed by atoms with E-state index in [-0.39, 0.29) is 12.0 Å². The minimum atomic E-state index is -0.369. The molecule has 0 saturated heterocycles. The Morgan fingerprint density at radius 1 is 1.12 bits per heavy atom. The second-order valence-electron chi connectivity index (χ2n) is 4.42. The summed E-state index contributed by atoms with van der Waals surface area (Å²) >= 11 is 0. The molecule has 0 amide bonds. The highest BCUT2D eigenvalue weighted by Crippen LogP contribution is 2.27. The topological polar surface area (TPSA) is 29.5 Å². The predicted octanol–water partition coefficient (Wildman–Crippen LogP) is 3.56. The van der Waals surface area contributed by atoms with Gasteiger partial charge in [0.2, 0.25) is 0 Å². The van der Waals surface area contributed by atoms with Crippen LogP contribution in [0.3, 0.4) is 0 Å². The van der Waals surface area contributed by atoms with Crippen molar-refractivity contribution in [2.75, 3.05) is 13.2 Å². The lowest BCUT2D eigenvalue weighted by Crippen LogP contribution is -2.14. The smallest absolute Gasteiger partial charge is 0.0818 e. The van der Waals surface area contributed by atoms with Crippen molar-refractivity contribution in [3.05, 3.63) is 35.9 Å². The molecule has 0 heterocycles. The minimum absolute atomic E-state index is 0.286. The Kier molecular flexibility index (Phi) is 6.90. The van der Waals surface area contributed by atoms with Gasteiger partial charge in [0, 0.05) is 13.2 Å². The highest BCUT2D eigenvalue weighted by molar-refractivity contribution is 5.17. The fourth-order valence-corrected chi connectivity index (χ4v) is 1.99. The van der Waals surface area contributed by atoms with Crippen molar-refractivity contribution in [1.82, 2.24) is 0 Å². The Morgan fingerprint density at radius 3 is 2.41 bits per heavy atom. The fraction of sp³-hybridized carbons (Fsp3) is 0.600. The van der Waals surface area contributed by atoms with Crippen LogP contribution < -0.4 is 0 Å². The molecule has 1 N–H and O–H groups in total. The molecule has 2 heteroatoms. The zero-order valence-electron chi connectivity index (χ0n) is 10.9. The summed E-state index contributed by atoms with van der Waals surface area (Å²) in [6.07, 6.45) is 2.59. The van der Waals surface area contributed by atoms with Crippen molar-refractivity contribution in [2.45, 2.75) is 39.2 Å². The highest BCUT2D eigenvalue weighted by atomic mass is 16.5. The van der Waals surface area contributed by atoms with E-state index in [1.807, 2.05) is 30.3 Å². The molecule has 1 aromatic carbocycles. The zero-order chi connectivity index (χ0) is 12.5. The summed E-state index contributed by atoms with van der Waals surface area (Å²) in [4.78, 5) is 0. The van der Waals surface area contributed by atoms with E-state index >= 15 is 0 Å². The van der Waals surface area contributed by atoms with Gasteiger partial charge in [0.1, 0.15) is 0 Å². The van der Waals surface area contributed by atoms with Gasteiger partial charge in [-0.05, 0) is 24.3 Å². The van der Waals surface area contributed by atoms with E-state index in [1.54, 1.807) is 0 Å². The molecule has 96 valence electrons. The molecule has 0 aliphatic heterocycles. The van der Waals surface area contributed by atoms with Gasteiger partial charge in [0.25, 0.3) is 0 Å². The lowest BCUT2D eigenvalue weighted by molar-refractivity contribution is 0.0633. The van der Waals surface area contributed by atoms with Crippen LogP contribution >= 0.6 is 0 Å². The molecule has 0 fully saturated rings. The van der Waals surface area contributed by atoms with Gasteiger partial charge in [0.15, 0.2) is 0 Å². The molecular weight excluding hydrogens is 212 g/mol. The van der Waals surface area contributed by atoms with E-state index in [2.05, 4.69) is 13.8 Å². The van der Waals surface area contributed by atoms with Crippen LogP contribution in [0.25, 0.3) is 0 Å². The predicted molar refractivity (Wildman–Crippen MR) is 70.9 cm³/mol. The number of hydrogen-bond acceptors (Lipinski definition) is 2. The quantitative estimate of drug-likeness (QED) is 0.699. The average molecular weight is 236 g/mol. The van der Waals surface area contributed by atoms with Gasteiger partial charge >= 0.3 is 0 Å². The number of benzene rings is 1. The van der Waals surface area contributed by atoms with Crippen molar-refractivity contribution in [3.63, 3.8) is 0 Å². The third kappa shape index (κ3) is 4.88. The number of aliphatic hydroxyl groups excluding tert-OH is 1. The standard InChI is InChI=1S/C15H24O2/c1-3-11-17-12-10-13(4-2)15(16)14-8-6-5-7-9-14/h5-9,13,15-16H,3-4,10-12H2,1-2H3. The van der Waals surface area contributed by atoms with Gasteiger partial charge in [-0.15, -0.1) is 0 Å². The summed E-state index contributed by atoms with van der Waals surface area (Å²) < 4.78 is 5.49. The Labute approximate surface area is 105 Å². The van der Waals surface area contributed by atoms with Crippen LogP contribution in [0.5, 0.6) is 0 Å². The second kappa shape index (κ2) is 8.26. The molecular formula is C15H24O2. The molecule has 2 nitrogen and oxygen atoms in total. The number of rotatable bonds is 8. The summed E-state index contributed by atoms with van der Waals surface area (Å²) in [5.74, 6) is 0.286. The van der Waals surface area contributed by atoms with Crippen LogP contribution in [0.2, 0.25) is 0 Å². The lowest BCUT2D eigenvalue weighted by Gasteiger charge is -2.21. The minimum Gasteiger partial charge on any atom is -0.388 e. The van der Waals surface area contributed by atoms with Gasteiger partial charge in [-0.2, -0.15) is 0 Å². The maximum atomic E-state index is 10.3. The lowest BCUT2D eigenvalue weighted by atomic mass is 9.91. The summed E-state index contributed by atoms with van der Waals surface area (Å²) in [6, 6.07) is 9.89. The van der Waals surface area contributed by atoms with E-state index in [0.29, 0.717) is 0 Å². The molecule has 1 rings (SSSR count). The maximum Gasteiger partial charge on any atom is 0.0818 e. The number of aliphatic hydroxyl groups is 1. The molecule has 0 aromatic heterocycles. The Bertz CT molecular complexity index is 284. The SMILES string of the molecule is CCCOCCC(CC)C(O)c1ccccc1. The van der Waals surface area contributed by atoms with Crippen LogP contribution in [0.15, 0.2) is 30.3 Å². The number of ether oxygens (including phenoxy) is 1. The van der Waals surface area contributed by atoms with Crippen molar-refractivity contribution in [1.29, 1.82) is 0 Å². The van der Waals surface area contributed by atoms with Crippen LogP contribution in [0, 0.1) is 5.92 Å². The van der Waals surface area contributed by atoms with Gasteiger partial charge in [-0.25, -0.2) is 0 Å². The Hall–Kier alpha value is -0.860. The first-order valence-electron chi connectivity index (χ1n) is 6.60. The monoisotopic (exact) mass is 236 g/mol. The third-order valence-electron chi connectivity index (χ3n) is 3.09. The van der Waals surface area contributed by atoms with Crippen molar-refractivity contribution in [2.24, 2.45) is 5.92 Å². The van der Waals surface area contributed by atoms with E-state index in [4.69, 9.17) is 4.74 Å². The first-order chi connectivity index (χ1) is 8.29. The fourth-order valence-electron chi connectivity index (χ4n) is 1.99. The molecule has 2 atom stereocenters. The largest absolute Gasteiger partial charge is 0.388 e. The van der Waals surface area contributed by atoms with Crippen molar-refractivity contribution in [3.8, 4) is 0 Å². The molecule has 0 spiro atoms. The first-order valence-corrected chi connectivity index (χ1v) is 6.60. The zero-order valence-corrected chi connectivity index (χ0v) is 10.9. The molecule has 0 aliphatic rings. The van der Waals surface area contributed by atoms with Gasteiger partial charge < -0.3 is 9.84 Å². The van der Waals surface area contributed by atoms with E-state index in [9.17, 15) is 5.11 Å². The van der Waals surface area contributed by atoms with E-state index in [0.717, 1.165) is 38.0 Å². The van der Waals surface area contributed by atoms with Crippen molar-refractivity contribution < 1.29 is 9.84 Å². The van der Waals surface area contributed by atoms with E-state index in [1.165, 1.54) is 0 Å². The summed E-state index contributed by atoms with van der Waals surface area (Å²) in [6.45, 7) is 5.79. The molecule has 17 heavy (non-hydrogen) atoms. The maximum absolute atomic E-state index is 10.3. The number of hydrogen-bond donors (Lipinski definition) is 1. The molecule has 0 aliphatic carbocycles. The molecule has 0 bridgehead atoms. The summed E-state index contributed by atoms with van der Waals surface area (Å²) in [5.41, 5.74) is 1.01. The van der Waals surface area contributed by atoms with Crippen molar-refractivity contribution >= 4 is 0 Å². The second-order valence-corrected chi connectivity index (χ2v) is 4.42. The summed E-state index contributed by atoms with van der Waals surface area (Å²) in [5, 5.41) is 10.3. The molecule has 2 unspecified atom stereocenters. The van der Waals surface area contributed by atoms with Crippen LogP contribution in [-0.4, -0.2) is 18.3 Å². The van der Waals surface area contributed by atoms with Crippen LogP contribution in [0.4, 0.5) is 0 Å². The normalized spacial score (nSPS) is 14.5. The van der Waals surface area contributed by atoms with Crippen LogP contribution in [-0.2, 0) is 4.74 Å². The third-order valence-corrected chi connectivity index (χ3v) is 3.09. The molecule has 0 saturated carbocycles. The van der Waals surface area contributed by atoms with Gasteiger partial charge in [-0.1, -0.05) is 50.6 Å². The summed E-state index contributed by atoms with van der Waals surface area (Å²) in [7, 11) is 0. The highest BCUT2D eigenvalue weighted by Gasteiger charge is 2.18. The average Bonchev–Trinajstić information content (AvgIpc) is 2.39. The molecule has 0 radical (unpaired) electrons.